The van der Waals surface area contributed by atoms with E-state index < -0.39 is 0 Å². The second kappa shape index (κ2) is 3.58. The number of fused-ring (bicyclic) bond motifs is 1. The molecule has 2 aromatic rings. The number of nitrogens with two attached hydrogens (primary N) is 1. The number of nitrogens with one attached hydrogen (secondary N) is 1. The SMILES string of the molecule is CCNc1cccc2cc(N)ccc12. The Kier molecular flexibility index (Phi) is 2.27. The van der Waals surface area contributed by atoms with Gasteiger partial charge in [0.05, 0.1) is 0 Å². The quantitative estimate of drug-likeness (QED) is 0.708. The molecule has 0 fully saturated rings. The Morgan fingerprint density at radius 3 is 2.86 bits per heavy atom. The van der Waals surface area contributed by atoms with Gasteiger partial charge >= 0.3 is 0 Å². The molecule has 2 aromatic carbocycles. The molecule has 0 aliphatic carbocycles. The molecule has 0 saturated heterocycles. The molecule has 3 N–H and O–H groups in total. The Morgan fingerprint density at radius 1 is 1.21 bits per heavy atom. The van der Waals surface area contributed by atoms with Crippen LogP contribution in [0.1, 0.15) is 6.92 Å². The molecular formula is C12H14N2. The highest BCUT2D eigenvalue weighted by molar-refractivity contribution is 5.95. The number of hydrogen-bond donors (Lipinski definition) is 2. The lowest BCUT2D eigenvalue weighted by atomic mass is 10.1. The van der Waals surface area contributed by atoms with Crippen LogP contribution in [0.2, 0.25) is 0 Å². The first-order valence-corrected chi connectivity index (χ1v) is 4.83. The summed E-state index contributed by atoms with van der Waals surface area (Å²) in [6.45, 7) is 3.03. The van der Waals surface area contributed by atoms with Gasteiger partial charge in [0.1, 0.15) is 0 Å². The maximum absolute atomic E-state index is 5.73. The fraction of sp³-hybridized carbons (Fsp3) is 0.167. The zero-order valence-corrected chi connectivity index (χ0v) is 8.25. The minimum Gasteiger partial charge on any atom is -0.399 e. The second-order valence-electron chi connectivity index (χ2n) is 3.32. The molecule has 0 spiro atoms. The summed E-state index contributed by atoms with van der Waals surface area (Å²) in [4.78, 5) is 0. The van der Waals surface area contributed by atoms with Gasteiger partial charge in [0.2, 0.25) is 0 Å². The molecule has 0 aromatic heterocycles. The Hall–Kier alpha value is -1.70. The maximum atomic E-state index is 5.73. The number of hydrogen-bond acceptors (Lipinski definition) is 2. The van der Waals surface area contributed by atoms with Crippen LogP contribution in [0.4, 0.5) is 11.4 Å². The third-order valence-corrected chi connectivity index (χ3v) is 2.27. The summed E-state index contributed by atoms with van der Waals surface area (Å²) in [5, 5.41) is 5.74. The van der Waals surface area contributed by atoms with E-state index in [1.807, 2.05) is 18.2 Å². The van der Waals surface area contributed by atoms with Crippen molar-refractivity contribution in [2.24, 2.45) is 0 Å². The molecule has 0 aliphatic heterocycles. The van der Waals surface area contributed by atoms with Crippen LogP contribution in [0, 0.1) is 0 Å². The minimum absolute atomic E-state index is 0.811. The van der Waals surface area contributed by atoms with Gasteiger partial charge in [-0.05, 0) is 30.5 Å². The zero-order chi connectivity index (χ0) is 9.97. The van der Waals surface area contributed by atoms with Crippen molar-refractivity contribution in [3.8, 4) is 0 Å². The van der Waals surface area contributed by atoms with Crippen molar-refractivity contribution in [1.82, 2.24) is 0 Å². The van der Waals surface area contributed by atoms with Crippen molar-refractivity contribution in [1.29, 1.82) is 0 Å². The standard InChI is InChI=1S/C12H14N2/c1-2-14-12-5-3-4-9-8-10(13)6-7-11(9)12/h3-8,14H,2,13H2,1H3. The highest BCUT2D eigenvalue weighted by Crippen LogP contribution is 2.24. The van der Waals surface area contributed by atoms with Crippen molar-refractivity contribution >= 4 is 22.1 Å². The van der Waals surface area contributed by atoms with Gasteiger partial charge in [0.25, 0.3) is 0 Å². The summed E-state index contributed by atoms with van der Waals surface area (Å²) in [5.74, 6) is 0. The largest absolute Gasteiger partial charge is 0.399 e. The van der Waals surface area contributed by atoms with Crippen LogP contribution in [-0.4, -0.2) is 6.54 Å². The molecule has 0 unspecified atom stereocenters. The van der Waals surface area contributed by atoms with Gasteiger partial charge in [-0.25, -0.2) is 0 Å². The van der Waals surface area contributed by atoms with Gasteiger partial charge in [0.15, 0.2) is 0 Å². The van der Waals surface area contributed by atoms with Crippen LogP contribution in [0.25, 0.3) is 10.8 Å². The van der Waals surface area contributed by atoms with Gasteiger partial charge in [-0.3, -0.25) is 0 Å². The molecule has 0 aliphatic rings. The van der Waals surface area contributed by atoms with Gasteiger partial charge in [-0.15, -0.1) is 0 Å². The summed E-state index contributed by atoms with van der Waals surface area (Å²) in [7, 11) is 0. The Labute approximate surface area is 83.7 Å². The number of anilines is 2. The normalized spacial score (nSPS) is 10.4. The number of nitrogen functional groups attached to an aromatic ring is 1. The summed E-state index contributed by atoms with van der Waals surface area (Å²) in [6.07, 6.45) is 0. The highest BCUT2D eigenvalue weighted by atomic mass is 14.9. The number of benzene rings is 2. The maximum Gasteiger partial charge on any atom is 0.0419 e. The Morgan fingerprint density at radius 2 is 2.07 bits per heavy atom. The van der Waals surface area contributed by atoms with Crippen LogP contribution in [-0.2, 0) is 0 Å². The molecule has 0 atom stereocenters. The molecular weight excluding hydrogens is 172 g/mol. The average Bonchev–Trinajstić information content (AvgIpc) is 2.18. The number of rotatable bonds is 2. The lowest BCUT2D eigenvalue weighted by Crippen LogP contribution is -1.97. The lowest BCUT2D eigenvalue weighted by Gasteiger charge is -2.07. The molecule has 72 valence electrons. The molecule has 0 radical (unpaired) electrons. The van der Waals surface area contributed by atoms with E-state index in [-0.39, 0.29) is 0 Å². The van der Waals surface area contributed by atoms with Crippen molar-refractivity contribution in [3.63, 3.8) is 0 Å². The first kappa shape index (κ1) is 8.88. The first-order valence-electron chi connectivity index (χ1n) is 4.83. The van der Waals surface area contributed by atoms with E-state index in [4.69, 9.17) is 5.73 Å². The first-order chi connectivity index (χ1) is 6.81. The molecule has 0 bridgehead atoms. The van der Waals surface area contributed by atoms with E-state index in [0.717, 1.165) is 12.2 Å². The van der Waals surface area contributed by atoms with Crippen LogP contribution in [0.3, 0.4) is 0 Å². The predicted octanol–water partition coefficient (Wildman–Crippen LogP) is 2.85. The van der Waals surface area contributed by atoms with Crippen molar-refractivity contribution < 1.29 is 0 Å². The van der Waals surface area contributed by atoms with E-state index in [9.17, 15) is 0 Å². The second-order valence-corrected chi connectivity index (χ2v) is 3.32. The summed E-state index contributed by atoms with van der Waals surface area (Å²) in [5.41, 5.74) is 7.71. The monoisotopic (exact) mass is 186 g/mol. The average molecular weight is 186 g/mol. The van der Waals surface area contributed by atoms with Gasteiger partial charge < -0.3 is 11.1 Å². The molecule has 2 nitrogen and oxygen atoms in total. The summed E-state index contributed by atoms with van der Waals surface area (Å²) >= 11 is 0. The highest BCUT2D eigenvalue weighted by Gasteiger charge is 1.98. The van der Waals surface area contributed by atoms with Crippen molar-refractivity contribution in [2.45, 2.75) is 6.92 Å². The lowest BCUT2D eigenvalue weighted by molar-refractivity contribution is 1.22. The van der Waals surface area contributed by atoms with Crippen LogP contribution >= 0.6 is 0 Å². The summed E-state index contributed by atoms with van der Waals surface area (Å²) in [6, 6.07) is 12.2. The summed E-state index contributed by atoms with van der Waals surface area (Å²) < 4.78 is 0. The molecule has 2 rings (SSSR count). The predicted molar refractivity (Wildman–Crippen MR) is 62.5 cm³/mol. The van der Waals surface area contributed by atoms with Gasteiger partial charge in [-0.2, -0.15) is 0 Å². The Bertz CT molecular complexity index is 449. The van der Waals surface area contributed by atoms with Crippen LogP contribution in [0.15, 0.2) is 36.4 Å². The fourth-order valence-electron chi connectivity index (χ4n) is 1.65. The van der Waals surface area contributed by atoms with E-state index in [1.165, 1.54) is 16.5 Å². The van der Waals surface area contributed by atoms with Gasteiger partial charge in [-0.1, -0.05) is 18.2 Å². The minimum atomic E-state index is 0.811. The topological polar surface area (TPSA) is 38.0 Å². The molecule has 2 heteroatoms. The van der Waals surface area contributed by atoms with Gasteiger partial charge in [0, 0.05) is 23.3 Å². The molecule has 0 heterocycles. The van der Waals surface area contributed by atoms with E-state index >= 15 is 0 Å². The van der Waals surface area contributed by atoms with Crippen LogP contribution < -0.4 is 11.1 Å². The third kappa shape index (κ3) is 1.51. The molecule has 14 heavy (non-hydrogen) atoms. The third-order valence-electron chi connectivity index (χ3n) is 2.27. The van der Waals surface area contributed by atoms with E-state index in [2.05, 4.69) is 30.4 Å². The van der Waals surface area contributed by atoms with Crippen molar-refractivity contribution in [2.75, 3.05) is 17.6 Å². The Balaban J connectivity index is 2.62. The van der Waals surface area contributed by atoms with Crippen LogP contribution in [0.5, 0.6) is 0 Å². The van der Waals surface area contributed by atoms with E-state index in [1.54, 1.807) is 0 Å². The molecule has 0 saturated carbocycles. The van der Waals surface area contributed by atoms with E-state index in [0.29, 0.717) is 0 Å². The van der Waals surface area contributed by atoms with Crippen molar-refractivity contribution in [3.05, 3.63) is 36.4 Å². The fourth-order valence-corrected chi connectivity index (χ4v) is 1.65. The molecule has 0 amide bonds. The zero-order valence-electron chi connectivity index (χ0n) is 8.25. The smallest absolute Gasteiger partial charge is 0.0419 e.